The topological polar surface area (TPSA) is 55.1 Å². The molecule has 0 aromatic heterocycles. The Bertz CT molecular complexity index is 432. The number of benzene rings is 1. The minimum Gasteiger partial charge on any atom is -0.353 e. The highest BCUT2D eigenvalue weighted by Gasteiger charge is 2.28. The van der Waals surface area contributed by atoms with Crippen LogP contribution in [0.4, 0.5) is 4.39 Å². The first kappa shape index (κ1) is 14.0. The zero-order valence-corrected chi connectivity index (χ0v) is 11.2. The molecule has 4 heteroatoms. The number of hydrogen-bond acceptors (Lipinski definition) is 2. The zero-order chi connectivity index (χ0) is 13.8. The summed E-state index contributed by atoms with van der Waals surface area (Å²) >= 11 is 0. The van der Waals surface area contributed by atoms with Crippen LogP contribution in [0.1, 0.15) is 31.7 Å². The van der Waals surface area contributed by atoms with Gasteiger partial charge in [-0.1, -0.05) is 12.1 Å². The Kier molecular flexibility index (Phi) is 4.53. The molecular weight excluding hydrogens is 243 g/mol. The van der Waals surface area contributed by atoms with E-state index in [4.69, 9.17) is 5.73 Å². The van der Waals surface area contributed by atoms with Crippen LogP contribution >= 0.6 is 0 Å². The van der Waals surface area contributed by atoms with Crippen molar-refractivity contribution in [1.29, 1.82) is 0 Å². The second kappa shape index (κ2) is 6.15. The lowest BCUT2D eigenvalue weighted by atomic mass is 10.0. The number of nitrogens with one attached hydrogen (secondary N) is 1. The first-order valence-electron chi connectivity index (χ1n) is 6.85. The zero-order valence-electron chi connectivity index (χ0n) is 11.2. The molecule has 1 amide bonds. The summed E-state index contributed by atoms with van der Waals surface area (Å²) in [6, 6.07) is 6.62. The Morgan fingerprint density at radius 1 is 1.42 bits per heavy atom. The van der Waals surface area contributed by atoms with Gasteiger partial charge in [0.2, 0.25) is 5.91 Å². The van der Waals surface area contributed by atoms with E-state index in [9.17, 15) is 9.18 Å². The van der Waals surface area contributed by atoms with Crippen LogP contribution in [-0.4, -0.2) is 18.0 Å². The van der Waals surface area contributed by atoms with Gasteiger partial charge < -0.3 is 11.1 Å². The van der Waals surface area contributed by atoms with Crippen molar-refractivity contribution in [2.45, 2.75) is 44.7 Å². The van der Waals surface area contributed by atoms with Gasteiger partial charge in [-0.3, -0.25) is 4.79 Å². The largest absolute Gasteiger partial charge is 0.353 e. The Hall–Kier alpha value is -1.42. The average Bonchev–Trinajstić information content (AvgIpc) is 2.79. The molecule has 3 unspecified atom stereocenters. The van der Waals surface area contributed by atoms with Gasteiger partial charge in [-0.25, -0.2) is 4.39 Å². The molecule has 2 rings (SSSR count). The van der Waals surface area contributed by atoms with Crippen molar-refractivity contribution >= 4 is 5.91 Å². The predicted molar refractivity (Wildman–Crippen MR) is 73.0 cm³/mol. The Balaban J connectivity index is 1.82. The standard InChI is InChI=1S/C15H21FN2O/c1-10(8-11-2-5-13(16)6-3-11)18-15(19)12-4-7-14(17)9-12/h2-3,5-6,10,12,14H,4,7-9,17H2,1H3,(H,18,19). The van der Waals surface area contributed by atoms with Crippen LogP contribution in [-0.2, 0) is 11.2 Å². The summed E-state index contributed by atoms with van der Waals surface area (Å²) in [5.74, 6) is -0.0754. The fraction of sp³-hybridized carbons (Fsp3) is 0.533. The Morgan fingerprint density at radius 2 is 2.11 bits per heavy atom. The Morgan fingerprint density at radius 3 is 2.68 bits per heavy atom. The molecule has 1 aromatic carbocycles. The first-order valence-corrected chi connectivity index (χ1v) is 6.85. The van der Waals surface area contributed by atoms with Gasteiger partial charge in [0, 0.05) is 18.0 Å². The molecule has 1 aliphatic carbocycles. The smallest absolute Gasteiger partial charge is 0.223 e. The molecule has 1 saturated carbocycles. The maximum atomic E-state index is 12.8. The molecule has 0 aliphatic heterocycles. The van der Waals surface area contributed by atoms with Gasteiger partial charge in [-0.15, -0.1) is 0 Å². The number of halogens is 1. The molecule has 3 N–H and O–H groups in total. The van der Waals surface area contributed by atoms with E-state index in [1.54, 1.807) is 12.1 Å². The lowest BCUT2D eigenvalue weighted by Gasteiger charge is -2.17. The number of rotatable bonds is 4. The molecule has 1 aliphatic rings. The summed E-state index contributed by atoms with van der Waals surface area (Å²) in [5, 5.41) is 3.02. The molecule has 3 nitrogen and oxygen atoms in total. The van der Waals surface area contributed by atoms with E-state index in [1.165, 1.54) is 12.1 Å². The number of carbonyl (C=O) groups excluding carboxylic acids is 1. The van der Waals surface area contributed by atoms with E-state index >= 15 is 0 Å². The second-order valence-corrected chi connectivity index (χ2v) is 5.51. The molecule has 1 fully saturated rings. The third kappa shape index (κ3) is 4.03. The van der Waals surface area contributed by atoms with Crippen molar-refractivity contribution in [3.63, 3.8) is 0 Å². The van der Waals surface area contributed by atoms with Crippen LogP contribution in [0.5, 0.6) is 0 Å². The van der Waals surface area contributed by atoms with Crippen molar-refractivity contribution in [3.8, 4) is 0 Å². The van der Waals surface area contributed by atoms with Crippen LogP contribution in [0.3, 0.4) is 0 Å². The van der Waals surface area contributed by atoms with Gasteiger partial charge in [0.25, 0.3) is 0 Å². The molecule has 0 spiro atoms. The molecule has 0 saturated heterocycles. The summed E-state index contributed by atoms with van der Waals surface area (Å²) in [6.07, 6.45) is 3.32. The number of carbonyl (C=O) groups is 1. The number of nitrogens with two attached hydrogens (primary N) is 1. The van der Waals surface area contributed by atoms with Gasteiger partial charge in [0.05, 0.1) is 0 Å². The number of hydrogen-bond donors (Lipinski definition) is 2. The van der Waals surface area contributed by atoms with Gasteiger partial charge in [-0.05, 0) is 50.3 Å². The molecule has 0 radical (unpaired) electrons. The van der Waals surface area contributed by atoms with E-state index < -0.39 is 0 Å². The molecule has 0 heterocycles. The summed E-state index contributed by atoms with van der Waals surface area (Å²) < 4.78 is 12.8. The molecule has 19 heavy (non-hydrogen) atoms. The fourth-order valence-corrected chi connectivity index (χ4v) is 2.64. The third-order valence-corrected chi connectivity index (χ3v) is 3.69. The summed E-state index contributed by atoms with van der Waals surface area (Å²) in [6.45, 7) is 1.97. The second-order valence-electron chi connectivity index (χ2n) is 5.51. The first-order chi connectivity index (χ1) is 9.04. The van der Waals surface area contributed by atoms with Gasteiger partial charge in [0.1, 0.15) is 5.82 Å². The van der Waals surface area contributed by atoms with E-state index in [2.05, 4.69) is 5.32 Å². The quantitative estimate of drug-likeness (QED) is 0.874. The van der Waals surface area contributed by atoms with E-state index in [-0.39, 0.29) is 29.7 Å². The normalized spacial score (nSPS) is 24.2. The van der Waals surface area contributed by atoms with Gasteiger partial charge in [-0.2, -0.15) is 0 Å². The highest BCUT2D eigenvalue weighted by molar-refractivity contribution is 5.79. The van der Waals surface area contributed by atoms with E-state index in [0.29, 0.717) is 6.42 Å². The fourth-order valence-electron chi connectivity index (χ4n) is 2.64. The molecule has 3 atom stereocenters. The maximum absolute atomic E-state index is 12.8. The minimum atomic E-state index is -0.236. The van der Waals surface area contributed by atoms with E-state index in [0.717, 1.165) is 24.8 Å². The summed E-state index contributed by atoms with van der Waals surface area (Å²) in [4.78, 5) is 12.0. The van der Waals surface area contributed by atoms with Gasteiger partial charge >= 0.3 is 0 Å². The van der Waals surface area contributed by atoms with Crippen molar-refractivity contribution in [2.75, 3.05) is 0 Å². The molecular formula is C15H21FN2O. The molecule has 1 aromatic rings. The monoisotopic (exact) mass is 264 g/mol. The predicted octanol–water partition coefficient (Wildman–Crippen LogP) is 2.00. The summed E-state index contributed by atoms with van der Waals surface area (Å²) in [7, 11) is 0. The Labute approximate surface area is 113 Å². The highest BCUT2D eigenvalue weighted by atomic mass is 19.1. The van der Waals surface area contributed by atoms with E-state index in [1.807, 2.05) is 6.92 Å². The highest BCUT2D eigenvalue weighted by Crippen LogP contribution is 2.24. The SMILES string of the molecule is CC(Cc1ccc(F)cc1)NC(=O)C1CCC(N)C1. The van der Waals surface area contributed by atoms with Crippen LogP contribution in [0, 0.1) is 11.7 Å². The lowest BCUT2D eigenvalue weighted by Crippen LogP contribution is -2.38. The minimum absolute atomic E-state index is 0.0507. The molecule has 0 bridgehead atoms. The van der Waals surface area contributed by atoms with Crippen LogP contribution in [0.25, 0.3) is 0 Å². The third-order valence-electron chi connectivity index (χ3n) is 3.69. The van der Waals surface area contributed by atoms with Crippen molar-refractivity contribution in [1.82, 2.24) is 5.32 Å². The van der Waals surface area contributed by atoms with Crippen molar-refractivity contribution in [2.24, 2.45) is 11.7 Å². The molecule has 104 valence electrons. The van der Waals surface area contributed by atoms with Gasteiger partial charge in [0.15, 0.2) is 0 Å². The maximum Gasteiger partial charge on any atom is 0.223 e. The van der Waals surface area contributed by atoms with Crippen molar-refractivity contribution < 1.29 is 9.18 Å². The van der Waals surface area contributed by atoms with Crippen LogP contribution in [0.2, 0.25) is 0 Å². The lowest BCUT2D eigenvalue weighted by molar-refractivity contribution is -0.125. The average molecular weight is 264 g/mol. The van der Waals surface area contributed by atoms with Crippen molar-refractivity contribution in [3.05, 3.63) is 35.6 Å². The number of amides is 1. The van der Waals surface area contributed by atoms with Crippen LogP contribution in [0.15, 0.2) is 24.3 Å². The summed E-state index contributed by atoms with van der Waals surface area (Å²) in [5.41, 5.74) is 6.84. The van der Waals surface area contributed by atoms with Crippen LogP contribution < -0.4 is 11.1 Å².